The Labute approximate surface area is 133 Å². The van der Waals surface area contributed by atoms with Crippen LogP contribution < -0.4 is 10.1 Å². The van der Waals surface area contributed by atoms with Gasteiger partial charge in [0.15, 0.2) is 11.6 Å². The van der Waals surface area contributed by atoms with Crippen LogP contribution in [-0.2, 0) is 11.3 Å². The number of nitrogens with zero attached hydrogens (tertiary/aromatic N) is 4. The molecule has 0 unspecified atom stereocenters. The van der Waals surface area contributed by atoms with Crippen molar-refractivity contribution in [3.63, 3.8) is 0 Å². The third kappa shape index (κ3) is 5.01. The Balaban J connectivity index is 1.97. The number of amides is 1. The number of hydrogen-bond donors (Lipinski definition) is 1. The van der Waals surface area contributed by atoms with Gasteiger partial charge in [-0.3, -0.25) is 4.79 Å². The minimum absolute atomic E-state index is 0.0132. The fraction of sp³-hybridized carbons (Fsp3) is 0.467. The molecule has 1 heterocycles. The van der Waals surface area contributed by atoms with Gasteiger partial charge in [0, 0.05) is 0 Å². The Morgan fingerprint density at radius 1 is 1.39 bits per heavy atom. The number of benzene rings is 1. The Morgan fingerprint density at radius 3 is 2.74 bits per heavy atom. The van der Waals surface area contributed by atoms with E-state index in [0.717, 1.165) is 0 Å². The van der Waals surface area contributed by atoms with Gasteiger partial charge in [0.25, 0.3) is 0 Å². The van der Waals surface area contributed by atoms with E-state index < -0.39 is 5.82 Å². The third-order valence-corrected chi connectivity index (χ3v) is 3.32. The highest BCUT2D eigenvalue weighted by molar-refractivity contribution is 5.76. The van der Waals surface area contributed by atoms with Crippen molar-refractivity contribution in [3.05, 3.63) is 36.4 Å². The second-order valence-corrected chi connectivity index (χ2v) is 6.23. The Kier molecular flexibility index (Phi) is 5.25. The van der Waals surface area contributed by atoms with Crippen molar-refractivity contribution in [1.82, 2.24) is 25.5 Å². The standard InChI is InChI=1S/C15H20FN5O2/c1-15(2,3)13(9-23-12-7-5-4-6-11(12)16)18-14(22)8-21-10-17-19-20-21/h4-7,10,13H,8-9H2,1-3H3,(H,18,22)/t13-/m1/s1. The van der Waals surface area contributed by atoms with E-state index in [2.05, 4.69) is 20.8 Å². The number of nitrogens with one attached hydrogen (secondary N) is 1. The van der Waals surface area contributed by atoms with Crippen LogP contribution >= 0.6 is 0 Å². The average molecular weight is 321 g/mol. The van der Waals surface area contributed by atoms with Gasteiger partial charge in [-0.15, -0.1) is 5.10 Å². The van der Waals surface area contributed by atoms with Crippen molar-refractivity contribution in [2.45, 2.75) is 33.4 Å². The smallest absolute Gasteiger partial charge is 0.242 e. The van der Waals surface area contributed by atoms with Crippen molar-refractivity contribution in [3.8, 4) is 5.75 Å². The molecule has 2 rings (SSSR count). The topological polar surface area (TPSA) is 81.9 Å². The lowest BCUT2D eigenvalue weighted by Gasteiger charge is -2.31. The summed E-state index contributed by atoms with van der Waals surface area (Å²) >= 11 is 0. The number of halogens is 1. The number of tetrazole rings is 1. The van der Waals surface area contributed by atoms with Crippen LogP contribution in [0.4, 0.5) is 4.39 Å². The largest absolute Gasteiger partial charge is 0.488 e. The molecule has 0 aliphatic carbocycles. The molecule has 0 spiro atoms. The van der Waals surface area contributed by atoms with E-state index in [-0.39, 0.29) is 36.3 Å². The van der Waals surface area contributed by atoms with E-state index in [9.17, 15) is 9.18 Å². The molecule has 7 nitrogen and oxygen atoms in total. The van der Waals surface area contributed by atoms with Crippen LogP contribution in [-0.4, -0.2) is 38.8 Å². The molecular weight excluding hydrogens is 301 g/mol. The van der Waals surface area contributed by atoms with Crippen LogP contribution in [0.2, 0.25) is 0 Å². The highest BCUT2D eigenvalue weighted by Crippen LogP contribution is 2.22. The van der Waals surface area contributed by atoms with Crippen LogP contribution in [0.25, 0.3) is 0 Å². The summed E-state index contributed by atoms with van der Waals surface area (Å²) in [6.45, 7) is 6.09. The van der Waals surface area contributed by atoms with Gasteiger partial charge in [-0.2, -0.15) is 0 Å². The summed E-state index contributed by atoms with van der Waals surface area (Å²) in [5.74, 6) is -0.508. The van der Waals surface area contributed by atoms with Gasteiger partial charge in [0.1, 0.15) is 19.5 Å². The summed E-state index contributed by atoms with van der Waals surface area (Å²) in [6.07, 6.45) is 1.36. The zero-order chi connectivity index (χ0) is 16.9. The Morgan fingerprint density at radius 2 is 2.13 bits per heavy atom. The quantitative estimate of drug-likeness (QED) is 0.870. The maximum absolute atomic E-state index is 13.6. The van der Waals surface area contributed by atoms with E-state index in [1.165, 1.54) is 17.1 Å². The normalized spacial score (nSPS) is 12.7. The van der Waals surface area contributed by atoms with Gasteiger partial charge in [0.2, 0.25) is 5.91 Å². The fourth-order valence-corrected chi connectivity index (χ4v) is 1.88. The molecule has 1 aromatic heterocycles. The Hall–Kier alpha value is -2.51. The number of aromatic nitrogens is 4. The predicted octanol–water partition coefficient (Wildman–Crippen LogP) is 1.42. The molecule has 23 heavy (non-hydrogen) atoms. The first-order chi connectivity index (χ1) is 10.9. The van der Waals surface area contributed by atoms with E-state index in [0.29, 0.717) is 0 Å². The van der Waals surface area contributed by atoms with Gasteiger partial charge >= 0.3 is 0 Å². The lowest BCUT2D eigenvalue weighted by atomic mass is 9.87. The summed E-state index contributed by atoms with van der Waals surface area (Å²) in [5.41, 5.74) is -0.262. The minimum Gasteiger partial charge on any atom is -0.488 e. The van der Waals surface area contributed by atoms with Gasteiger partial charge < -0.3 is 10.1 Å². The molecule has 0 radical (unpaired) electrons. The molecule has 1 atom stereocenters. The summed E-state index contributed by atoms with van der Waals surface area (Å²) in [4.78, 5) is 12.1. The van der Waals surface area contributed by atoms with Gasteiger partial charge in [-0.25, -0.2) is 9.07 Å². The maximum atomic E-state index is 13.6. The molecular formula is C15H20FN5O2. The summed E-state index contributed by atoms with van der Waals surface area (Å²) < 4.78 is 20.5. The summed E-state index contributed by atoms with van der Waals surface area (Å²) in [6, 6.07) is 5.87. The molecule has 1 amide bonds. The van der Waals surface area contributed by atoms with Crippen molar-refractivity contribution in [2.75, 3.05) is 6.61 Å². The molecule has 0 bridgehead atoms. The fourth-order valence-electron chi connectivity index (χ4n) is 1.88. The number of para-hydroxylation sites is 1. The molecule has 124 valence electrons. The third-order valence-electron chi connectivity index (χ3n) is 3.32. The highest BCUT2D eigenvalue weighted by atomic mass is 19.1. The lowest BCUT2D eigenvalue weighted by molar-refractivity contribution is -0.123. The molecule has 0 saturated carbocycles. The molecule has 0 aliphatic heterocycles. The van der Waals surface area contributed by atoms with E-state index in [1.54, 1.807) is 18.2 Å². The van der Waals surface area contributed by atoms with Crippen LogP contribution in [0.3, 0.4) is 0 Å². The lowest BCUT2D eigenvalue weighted by Crippen LogP contribution is -2.48. The first-order valence-corrected chi connectivity index (χ1v) is 7.24. The SMILES string of the molecule is CC(C)(C)[C@@H](COc1ccccc1F)NC(=O)Cn1cnnn1. The van der Waals surface area contributed by atoms with Crippen molar-refractivity contribution < 1.29 is 13.9 Å². The first-order valence-electron chi connectivity index (χ1n) is 7.24. The number of carbonyl (C=O) groups is 1. The highest BCUT2D eigenvalue weighted by Gasteiger charge is 2.27. The predicted molar refractivity (Wildman–Crippen MR) is 81.1 cm³/mol. The number of hydrogen-bond acceptors (Lipinski definition) is 5. The van der Waals surface area contributed by atoms with Gasteiger partial charge in [-0.1, -0.05) is 32.9 Å². The molecule has 0 aliphatic rings. The van der Waals surface area contributed by atoms with Crippen LogP contribution in [0.1, 0.15) is 20.8 Å². The van der Waals surface area contributed by atoms with E-state index >= 15 is 0 Å². The van der Waals surface area contributed by atoms with E-state index in [4.69, 9.17) is 4.74 Å². The number of carbonyl (C=O) groups excluding carboxylic acids is 1. The van der Waals surface area contributed by atoms with E-state index in [1.807, 2.05) is 20.8 Å². The zero-order valence-corrected chi connectivity index (χ0v) is 13.4. The molecule has 1 N–H and O–H groups in total. The average Bonchev–Trinajstić information content (AvgIpc) is 2.96. The molecule has 1 aromatic carbocycles. The number of ether oxygens (including phenoxy) is 1. The van der Waals surface area contributed by atoms with Gasteiger partial charge in [-0.05, 0) is 28.0 Å². The van der Waals surface area contributed by atoms with Crippen LogP contribution in [0, 0.1) is 11.2 Å². The Bertz CT molecular complexity index is 640. The maximum Gasteiger partial charge on any atom is 0.242 e. The second-order valence-electron chi connectivity index (χ2n) is 6.23. The molecule has 2 aromatic rings. The van der Waals surface area contributed by atoms with Crippen LogP contribution in [0.5, 0.6) is 5.75 Å². The second kappa shape index (κ2) is 7.17. The molecule has 8 heteroatoms. The summed E-state index contributed by atoms with van der Waals surface area (Å²) in [5, 5.41) is 13.5. The monoisotopic (exact) mass is 321 g/mol. The zero-order valence-electron chi connectivity index (χ0n) is 13.4. The number of rotatable bonds is 6. The van der Waals surface area contributed by atoms with Crippen LogP contribution in [0.15, 0.2) is 30.6 Å². The first kappa shape index (κ1) is 16.9. The minimum atomic E-state index is -0.430. The van der Waals surface area contributed by atoms with Crippen molar-refractivity contribution in [2.24, 2.45) is 5.41 Å². The summed E-state index contributed by atoms with van der Waals surface area (Å²) in [7, 11) is 0. The van der Waals surface area contributed by atoms with Crippen molar-refractivity contribution in [1.29, 1.82) is 0 Å². The van der Waals surface area contributed by atoms with Crippen molar-refractivity contribution >= 4 is 5.91 Å². The van der Waals surface area contributed by atoms with Gasteiger partial charge in [0.05, 0.1) is 6.04 Å². The molecule has 0 fully saturated rings. The molecule has 0 saturated heterocycles.